The van der Waals surface area contributed by atoms with E-state index in [-0.39, 0.29) is 12.1 Å². The van der Waals surface area contributed by atoms with Gasteiger partial charge in [-0.25, -0.2) is 4.79 Å². The molecule has 1 saturated carbocycles. The minimum absolute atomic E-state index is 0.285. The fourth-order valence-corrected chi connectivity index (χ4v) is 2.40. The molecule has 1 aliphatic rings. The van der Waals surface area contributed by atoms with E-state index in [0.29, 0.717) is 12.5 Å². The minimum atomic E-state index is -0.295. The van der Waals surface area contributed by atoms with Crippen molar-refractivity contribution in [3.8, 4) is 0 Å². The van der Waals surface area contributed by atoms with Crippen LogP contribution in [0.3, 0.4) is 0 Å². The smallest absolute Gasteiger partial charge is 0.407 e. The molecule has 2 unspecified atom stereocenters. The Kier molecular flexibility index (Phi) is 2.72. The molecule has 1 N–H and O–H groups in total. The van der Waals surface area contributed by atoms with Gasteiger partial charge in [-0.2, -0.15) is 0 Å². The third kappa shape index (κ3) is 2.07. The van der Waals surface area contributed by atoms with Gasteiger partial charge in [-0.05, 0) is 24.8 Å². The van der Waals surface area contributed by atoms with Crippen LogP contribution in [0.25, 0.3) is 0 Å². The predicted molar refractivity (Wildman–Crippen MR) is 55.6 cm³/mol. The van der Waals surface area contributed by atoms with Crippen molar-refractivity contribution in [2.45, 2.75) is 25.3 Å². The summed E-state index contributed by atoms with van der Waals surface area (Å²) in [7, 11) is 0. The molecule has 0 aliphatic heterocycles. The van der Waals surface area contributed by atoms with Gasteiger partial charge in [-0.1, -0.05) is 6.07 Å². The summed E-state index contributed by atoms with van der Waals surface area (Å²) in [6, 6.07) is 4.44. The molecule has 76 valence electrons. The maximum Gasteiger partial charge on any atom is 0.407 e. The van der Waals surface area contributed by atoms with E-state index in [1.54, 1.807) is 11.3 Å². The fraction of sp³-hybridized carbons (Fsp3) is 0.500. The summed E-state index contributed by atoms with van der Waals surface area (Å²) in [6.45, 7) is 2.24. The Bertz CT molecular complexity index is 310. The molecule has 0 bridgehead atoms. The van der Waals surface area contributed by atoms with Crippen LogP contribution in [0.15, 0.2) is 17.5 Å². The van der Waals surface area contributed by atoms with E-state index in [1.165, 1.54) is 4.88 Å². The lowest BCUT2D eigenvalue weighted by Crippen LogP contribution is -2.27. The number of hydrogen-bond acceptors (Lipinski definition) is 3. The van der Waals surface area contributed by atoms with Crippen LogP contribution < -0.4 is 5.32 Å². The molecule has 1 heterocycles. The molecule has 0 aromatic carbocycles. The normalized spacial score (nSPS) is 24.4. The number of hydrogen-bond donors (Lipinski definition) is 1. The van der Waals surface area contributed by atoms with Crippen LogP contribution >= 0.6 is 11.3 Å². The fourth-order valence-electron chi connectivity index (χ4n) is 1.50. The summed E-state index contributed by atoms with van der Waals surface area (Å²) >= 11 is 1.75. The summed E-state index contributed by atoms with van der Waals surface area (Å²) < 4.78 is 4.81. The Labute approximate surface area is 87.1 Å². The number of nitrogens with one attached hydrogen (secondary N) is 1. The van der Waals surface area contributed by atoms with E-state index >= 15 is 0 Å². The molecule has 4 heteroatoms. The van der Waals surface area contributed by atoms with Gasteiger partial charge in [0.25, 0.3) is 0 Å². The number of thiophene rings is 1. The molecule has 0 radical (unpaired) electrons. The standard InChI is InChI=1S/C10H13NO2S/c1-2-13-10(12)11-8-6-7(8)9-4-3-5-14-9/h3-5,7-8H,2,6H2,1H3,(H,11,12). The summed E-state index contributed by atoms with van der Waals surface area (Å²) in [5.74, 6) is 0.513. The second kappa shape index (κ2) is 4.00. The van der Waals surface area contributed by atoms with Gasteiger partial charge in [-0.3, -0.25) is 0 Å². The van der Waals surface area contributed by atoms with Gasteiger partial charge >= 0.3 is 6.09 Å². The van der Waals surface area contributed by atoms with Crippen molar-refractivity contribution in [3.63, 3.8) is 0 Å². The highest BCUT2D eigenvalue weighted by Crippen LogP contribution is 2.42. The monoisotopic (exact) mass is 211 g/mol. The average Bonchev–Trinajstić information content (AvgIpc) is 2.72. The molecule has 1 fully saturated rings. The molecule has 1 aromatic heterocycles. The minimum Gasteiger partial charge on any atom is -0.450 e. The zero-order valence-electron chi connectivity index (χ0n) is 8.03. The third-order valence-corrected chi connectivity index (χ3v) is 3.28. The van der Waals surface area contributed by atoms with E-state index in [2.05, 4.69) is 16.8 Å². The van der Waals surface area contributed by atoms with E-state index in [4.69, 9.17) is 4.74 Å². The lowest BCUT2D eigenvalue weighted by molar-refractivity contribution is 0.151. The number of amides is 1. The molecular weight excluding hydrogens is 198 g/mol. The lowest BCUT2D eigenvalue weighted by Gasteiger charge is -2.03. The van der Waals surface area contributed by atoms with E-state index in [1.807, 2.05) is 13.0 Å². The first-order valence-corrected chi connectivity index (χ1v) is 5.66. The number of rotatable bonds is 3. The third-order valence-electron chi connectivity index (χ3n) is 2.28. The van der Waals surface area contributed by atoms with Gasteiger partial charge in [0.1, 0.15) is 0 Å². The highest BCUT2D eigenvalue weighted by molar-refractivity contribution is 7.10. The Morgan fingerprint density at radius 2 is 2.64 bits per heavy atom. The zero-order chi connectivity index (χ0) is 9.97. The van der Waals surface area contributed by atoms with Gasteiger partial charge in [0, 0.05) is 16.8 Å². The average molecular weight is 211 g/mol. The van der Waals surface area contributed by atoms with Crippen LogP contribution in [0.1, 0.15) is 24.1 Å². The second-order valence-corrected chi connectivity index (χ2v) is 4.31. The van der Waals surface area contributed by atoms with Crippen molar-refractivity contribution in [2.24, 2.45) is 0 Å². The molecule has 2 rings (SSSR count). The molecule has 3 nitrogen and oxygen atoms in total. The summed E-state index contributed by atoms with van der Waals surface area (Å²) in [4.78, 5) is 12.4. The zero-order valence-corrected chi connectivity index (χ0v) is 8.84. The van der Waals surface area contributed by atoms with Gasteiger partial charge in [-0.15, -0.1) is 11.3 Å². The van der Waals surface area contributed by atoms with E-state index in [9.17, 15) is 4.79 Å². The van der Waals surface area contributed by atoms with Crippen LogP contribution in [-0.4, -0.2) is 18.7 Å². The topological polar surface area (TPSA) is 38.3 Å². The largest absolute Gasteiger partial charge is 0.450 e. The van der Waals surface area contributed by atoms with E-state index in [0.717, 1.165) is 6.42 Å². The quantitative estimate of drug-likeness (QED) is 0.833. The van der Waals surface area contributed by atoms with Crippen LogP contribution in [0.2, 0.25) is 0 Å². The SMILES string of the molecule is CCOC(=O)NC1CC1c1cccs1. The van der Waals surface area contributed by atoms with Crippen LogP contribution in [-0.2, 0) is 4.74 Å². The summed E-state index contributed by atoms with van der Waals surface area (Å²) in [5, 5.41) is 4.90. The van der Waals surface area contributed by atoms with Crippen molar-refractivity contribution < 1.29 is 9.53 Å². The maximum atomic E-state index is 11.1. The van der Waals surface area contributed by atoms with Gasteiger partial charge < -0.3 is 10.1 Å². The number of alkyl carbamates (subject to hydrolysis) is 1. The number of carbonyl (C=O) groups excluding carboxylic acids is 1. The highest BCUT2D eigenvalue weighted by Gasteiger charge is 2.40. The predicted octanol–water partition coefficient (Wildman–Crippen LogP) is 2.35. The van der Waals surface area contributed by atoms with Gasteiger partial charge in [0.05, 0.1) is 6.61 Å². The second-order valence-electron chi connectivity index (χ2n) is 3.33. The number of carbonyl (C=O) groups is 1. The van der Waals surface area contributed by atoms with Gasteiger partial charge in [0.15, 0.2) is 0 Å². The Morgan fingerprint density at radius 1 is 1.79 bits per heavy atom. The molecule has 1 aliphatic carbocycles. The molecule has 0 spiro atoms. The first-order chi connectivity index (χ1) is 6.81. The van der Waals surface area contributed by atoms with Crippen LogP contribution in [0.5, 0.6) is 0 Å². The number of ether oxygens (including phenoxy) is 1. The molecule has 14 heavy (non-hydrogen) atoms. The van der Waals surface area contributed by atoms with Crippen molar-refractivity contribution in [3.05, 3.63) is 22.4 Å². The Hall–Kier alpha value is -1.03. The van der Waals surface area contributed by atoms with Crippen molar-refractivity contribution in [2.75, 3.05) is 6.61 Å². The highest BCUT2D eigenvalue weighted by atomic mass is 32.1. The molecule has 1 aromatic rings. The van der Waals surface area contributed by atoms with Crippen LogP contribution in [0, 0.1) is 0 Å². The van der Waals surface area contributed by atoms with Gasteiger partial charge in [0.2, 0.25) is 0 Å². The Balaban J connectivity index is 1.80. The summed E-state index contributed by atoms with van der Waals surface area (Å²) in [6.07, 6.45) is 0.746. The molecule has 1 amide bonds. The molecule has 0 saturated heterocycles. The first-order valence-electron chi connectivity index (χ1n) is 4.78. The lowest BCUT2D eigenvalue weighted by atomic mass is 10.3. The Morgan fingerprint density at radius 3 is 3.29 bits per heavy atom. The summed E-state index contributed by atoms with van der Waals surface area (Å²) in [5.41, 5.74) is 0. The molecular formula is C10H13NO2S. The van der Waals surface area contributed by atoms with Crippen molar-refractivity contribution in [1.29, 1.82) is 0 Å². The van der Waals surface area contributed by atoms with Crippen LogP contribution in [0.4, 0.5) is 4.79 Å². The first kappa shape index (κ1) is 9.52. The molecule has 2 atom stereocenters. The van der Waals surface area contributed by atoms with Crippen molar-refractivity contribution in [1.82, 2.24) is 5.32 Å². The van der Waals surface area contributed by atoms with Crippen molar-refractivity contribution >= 4 is 17.4 Å². The maximum absolute atomic E-state index is 11.1. The van der Waals surface area contributed by atoms with E-state index < -0.39 is 0 Å².